The van der Waals surface area contributed by atoms with Gasteiger partial charge in [-0.25, -0.2) is 13.2 Å². The number of imidazole rings is 1. The molecule has 0 aliphatic rings. The molecule has 3 rings (SSSR count). The molecule has 0 radical (unpaired) electrons. The van der Waals surface area contributed by atoms with E-state index >= 15 is 0 Å². The summed E-state index contributed by atoms with van der Waals surface area (Å²) in [7, 11) is 2.19. The molecular weight excluding hydrogens is 416 g/mol. The Morgan fingerprint density at radius 2 is 1.69 bits per heavy atom. The Hall–Kier alpha value is -2.78. The molecule has 0 aliphatic heterocycles. The van der Waals surface area contributed by atoms with Crippen LogP contribution in [0.2, 0.25) is 5.02 Å². The van der Waals surface area contributed by atoms with Crippen LogP contribution in [0, 0.1) is 0 Å². The maximum absolute atomic E-state index is 13.5. The second-order valence-corrected chi connectivity index (χ2v) is 9.13. The minimum absolute atomic E-state index is 0.0299. The van der Waals surface area contributed by atoms with Crippen molar-refractivity contribution in [3.05, 3.63) is 58.0 Å². The van der Waals surface area contributed by atoms with E-state index in [-0.39, 0.29) is 28.7 Å². The number of fused-ring (bicyclic) bond motifs is 1. The highest BCUT2D eigenvalue weighted by molar-refractivity contribution is 7.92. The van der Waals surface area contributed by atoms with Gasteiger partial charge < -0.3 is 4.90 Å². The second-order valence-electron chi connectivity index (χ2n) is 6.83. The van der Waals surface area contributed by atoms with E-state index < -0.39 is 10.0 Å². The zero-order valence-corrected chi connectivity index (χ0v) is 18.0. The number of carbonyl (C=O) groups excluding carboxylic acids is 1. The quantitative estimate of drug-likeness (QED) is 0.610. The van der Waals surface area contributed by atoms with Gasteiger partial charge in [0.2, 0.25) is 5.91 Å². The lowest BCUT2D eigenvalue weighted by atomic mass is 10.3. The molecule has 29 heavy (non-hydrogen) atoms. The van der Waals surface area contributed by atoms with Gasteiger partial charge >= 0.3 is 5.69 Å². The van der Waals surface area contributed by atoms with Crippen molar-refractivity contribution in [3.8, 4) is 0 Å². The summed E-state index contributed by atoms with van der Waals surface area (Å²) in [6, 6.07) is 10.7. The van der Waals surface area contributed by atoms with E-state index in [0.29, 0.717) is 16.1 Å². The number of amides is 1. The Balaban J connectivity index is 2.18. The molecular formula is C19H21ClN4O4S. The number of sulfonamides is 1. The molecule has 8 nitrogen and oxygen atoms in total. The van der Waals surface area contributed by atoms with E-state index in [0.717, 1.165) is 4.31 Å². The lowest BCUT2D eigenvalue weighted by Crippen LogP contribution is -2.40. The first-order chi connectivity index (χ1) is 13.5. The first kappa shape index (κ1) is 20.9. The molecule has 0 N–H and O–H groups in total. The third kappa shape index (κ3) is 3.75. The van der Waals surface area contributed by atoms with Crippen LogP contribution in [-0.2, 0) is 28.9 Å². The summed E-state index contributed by atoms with van der Waals surface area (Å²) in [5.74, 6) is -0.387. The number of hydrogen-bond acceptors (Lipinski definition) is 4. The van der Waals surface area contributed by atoms with Gasteiger partial charge in [-0.05, 0) is 36.4 Å². The first-order valence-electron chi connectivity index (χ1n) is 8.68. The molecule has 0 saturated heterocycles. The van der Waals surface area contributed by atoms with Crippen LogP contribution in [0.15, 0.2) is 52.2 Å². The summed E-state index contributed by atoms with van der Waals surface area (Å²) in [6.07, 6.45) is 0. The van der Waals surface area contributed by atoms with Crippen LogP contribution in [0.5, 0.6) is 0 Å². The molecule has 1 amide bonds. The standard InChI is InChI=1S/C19H21ClN4O4S/c1-21(2)18(25)12-24(14-7-5-6-13(20)10-14)29(27,28)15-8-9-16-17(11-15)23(4)19(26)22(16)3/h5-11H,12H2,1-4H3. The lowest BCUT2D eigenvalue weighted by molar-refractivity contribution is -0.127. The molecule has 1 heterocycles. The molecule has 0 bridgehead atoms. The van der Waals surface area contributed by atoms with E-state index in [1.165, 1.54) is 32.2 Å². The fraction of sp³-hybridized carbons (Fsp3) is 0.263. The normalized spacial score (nSPS) is 11.6. The van der Waals surface area contributed by atoms with Gasteiger partial charge in [-0.15, -0.1) is 0 Å². The van der Waals surface area contributed by atoms with Crippen molar-refractivity contribution in [2.45, 2.75) is 4.90 Å². The van der Waals surface area contributed by atoms with Crippen LogP contribution in [0.4, 0.5) is 5.69 Å². The van der Waals surface area contributed by atoms with E-state index in [4.69, 9.17) is 11.6 Å². The summed E-state index contributed by atoms with van der Waals surface area (Å²) in [6.45, 7) is -0.387. The molecule has 0 saturated carbocycles. The van der Waals surface area contributed by atoms with Crippen LogP contribution < -0.4 is 9.99 Å². The number of nitrogens with zero attached hydrogens (tertiary/aromatic N) is 4. The number of carbonyl (C=O) groups is 1. The predicted octanol–water partition coefficient (Wildman–Crippen LogP) is 1.81. The number of benzene rings is 2. The van der Waals surface area contributed by atoms with Gasteiger partial charge in [0.25, 0.3) is 10.0 Å². The summed E-state index contributed by atoms with van der Waals surface area (Å²) >= 11 is 6.05. The van der Waals surface area contributed by atoms with Crippen molar-refractivity contribution in [1.82, 2.24) is 14.0 Å². The van der Waals surface area contributed by atoms with E-state index in [1.54, 1.807) is 52.5 Å². The Labute approximate surface area is 173 Å². The summed E-state index contributed by atoms with van der Waals surface area (Å²) in [5, 5.41) is 0.348. The van der Waals surface area contributed by atoms with Gasteiger partial charge in [-0.2, -0.15) is 0 Å². The van der Waals surface area contributed by atoms with Crippen LogP contribution >= 0.6 is 11.6 Å². The molecule has 3 aromatic rings. The fourth-order valence-corrected chi connectivity index (χ4v) is 4.60. The minimum Gasteiger partial charge on any atom is -0.347 e. The van der Waals surface area contributed by atoms with Crippen LogP contribution in [0.1, 0.15) is 0 Å². The maximum Gasteiger partial charge on any atom is 0.328 e. The largest absolute Gasteiger partial charge is 0.347 e. The third-order valence-electron chi connectivity index (χ3n) is 4.71. The summed E-state index contributed by atoms with van der Waals surface area (Å²) in [5.41, 5.74) is 1.09. The lowest BCUT2D eigenvalue weighted by Gasteiger charge is -2.25. The van der Waals surface area contributed by atoms with Crippen LogP contribution in [0.3, 0.4) is 0 Å². The van der Waals surface area contributed by atoms with Gasteiger partial charge in [0.05, 0.1) is 21.6 Å². The van der Waals surface area contributed by atoms with Gasteiger partial charge in [0, 0.05) is 33.2 Å². The highest BCUT2D eigenvalue weighted by atomic mass is 35.5. The van der Waals surface area contributed by atoms with Crippen molar-refractivity contribution >= 4 is 44.3 Å². The fourth-order valence-electron chi connectivity index (χ4n) is 2.98. The highest BCUT2D eigenvalue weighted by Crippen LogP contribution is 2.27. The Kier molecular flexibility index (Phi) is 5.46. The monoisotopic (exact) mass is 436 g/mol. The molecule has 0 spiro atoms. The highest BCUT2D eigenvalue weighted by Gasteiger charge is 2.28. The SMILES string of the molecule is CN(C)C(=O)CN(c1cccc(Cl)c1)S(=O)(=O)c1ccc2c(c1)n(C)c(=O)n2C. The van der Waals surface area contributed by atoms with Gasteiger partial charge in [0.1, 0.15) is 6.54 Å². The smallest absolute Gasteiger partial charge is 0.328 e. The number of hydrogen-bond donors (Lipinski definition) is 0. The average molecular weight is 437 g/mol. The van der Waals surface area contributed by atoms with Gasteiger partial charge in [0.15, 0.2) is 0 Å². The van der Waals surface area contributed by atoms with Gasteiger partial charge in [-0.3, -0.25) is 18.2 Å². The molecule has 154 valence electrons. The second kappa shape index (κ2) is 7.57. The Morgan fingerprint density at radius 3 is 2.31 bits per heavy atom. The number of aryl methyl sites for hydroxylation is 2. The van der Waals surface area contributed by atoms with Gasteiger partial charge in [-0.1, -0.05) is 17.7 Å². The van der Waals surface area contributed by atoms with Crippen LogP contribution in [-0.4, -0.2) is 49.0 Å². The third-order valence-corrected chi connectivity index (χ3v) is 6.71. The van der Waals surface area contributed by atoms with Crippen molar-refractivity contribution < 1.29 is 13.2 Å². The van der Waals surface area contributed by atoms with Crippen molar-refractivity contribution in [3.63, 3.8) is 0 Å². The summed E-state index contributed by atoms with van der Waals surface area (Å²) in [4.78, 5) is 25.8. The predicted molar refractivity (Wildman–Crippen MR) is 113 cm³/mol. The number of aromatic nitrogens is 2. The Bertz CT molecular complexity index is 1260. The van der Waals surface area contributed by atoms with Crippen LogP contribution in [0.25, 0.3) is 11.0 Å². The number of anilines is 1. The maximum atomic E-state index is 13.5. The molecule has 0 aliphatic carbocycles. The molecule has 1 aromatic heterocycles. The number of rotatable bonds is 5. The Morgan fingerprint density at radius 1 is 1.03 bits per heavy atom. The van der Waals surface area contributed by atoms with Crippen molar-refractivity contribution in [2.24, 2.45) is 14.1 Å². The van der Waals surface area contributed by atoms with Crippen molar-refractivity contribution in [2.75, 3.05) is 24.9 Å². The zero-order valence-electron chi connectivity index (χ0n) is 16.5. The molecule has 2 aromatic carbocycles. The minimum atomic E-state index is -4.11. The van der Waals surface area contributed by atoms with E-state index in [9.17, 15) is 18.0 Å². The number of likely N-dealkylation sites (N-methyl/N-ethyl adjacent to an activating group) is 1. The zero-order chi connectivity index (χ0) is 21.5. The molecule has 10 heteroatoms. The van der Waals surface area contributed by atoms with Crippen molar-refractivity contribution in [1.29, 1.82) is 0 Å². The molecule has 0 unspecified atom stereocenters. The topological polar surface area (TPSA) is 84.6 Å². The van der Waals surface area contributed by atoms with E-state index in [1.807, 2.05) is 0 Å². The molecule has 0 fully saturated rings. The molecule has 0 atom stereocenters. The summed E-state index contributed by atoms with van der Waals surface area (Å²) < 4.78 is 30.8. The van der Waals surface area contributed by atoms with E-state index in [2.05, 4.69) is 0 Å². The average Bonchev–Trinajstić information content (AvgIpc) is 2.89. The first-order valence-corrected chi connectivity index (χ1v) is 10.5. The number of halogens is 1.